The van der Waals surface area contributed by atoms with Gasteiger partial charge in [-0.15, -0.1) is 0 Å². The molecule has 86 valence electrons. The van der Waals surface area contributed by atoms with Gasteiger partial charge < -0.3 is 20.7 Å². The van der Waals surface area contributed by atoms with Crippen molar-refractivity contribution in [1.82, 2.24) is 0 Å². The summed E-state index contributed by atoms with van der Waals surface area (Å²) in [4.78, 5) is 21.6. The van der Waals surface area contributed by atoms with Gasteiger partial charge in [0.1, 0.15) is 0 Å². The first-order chi connectivity index (χ1) is 6.88. The fourth-order valence-electron chi connectivity index (χ4n) is 1.77. The smallest absolute Gasteiger partial charge is 0.332 e. The maximum Gasteiger partial charge on any atom is 0.332 e. The third kappa shape index (κ3) is 2.66. The second kappa shape index (κ2) is 4.16. The molecule has 0 aromatic carbocycles. The molecule has 0 aromatic heterocycles. The zero-order valence-corrected chi connectivity index (χ0v) is 8.47. The van der Waals surface area contributed by atoms with E-state index in [-0.39, 0.29) is 19.4 Å². The molecule has 1 aliphatic rings. The van der Waals surface area contributed by atoms with Crippen LogP contribution in [0.1, 0.15) is 19.8 Å². The van der Waals surface area contributed by atoms with Crippen LogP contribution in [0.25, 0.3) is 0 Å². The molecule has 0 spiro atoms. The van der Waals surface area contributed by atoms with Crippen molar-refractivity contribution in [1.29, 1.82) is 0 Å². The molecular formula is C9H15NO5. The Morgan fingerprint density at radius 3 is 2.47 bits per heavy atom. The molecule has 1 fully saturated rings. The normalized spacial score (nSPS) is 36.1. The standard InChI is InChI=1S/C9H15NO5/c1-9(4-10)3-5(7(11)12)2-6(15-9)8(13)14/h5-6H,2-4,10H2,1H3,(H,11,12)(H,13,14). The van der Waals surface area contributed by atoms with Gasteiger partial charge in [-0.1, -0.05) is 0 Å². The van der Waals surface area contributed by atoms with Crippen molar-refractivity contribution in [2.24, 2.45) is 11.7 Å². The quantitative estimate of drug-likeness (QED) is 0.597. The summed E-state index contributed by atoms with van der Waals surface area (Å²) >= 11 is 0. The van der Waals surface area contributed by atoms with E-state index < -0.39 is 29.6 Å². The minimum absolute atomic E-state index is 0.000255. The second-order valence-corrected chi connectivity index (χ2v) is 4.07. The van der Waals surface area contributed by atoms with Gasteiger partial charge in [0.25, 0.3) is 0 Å². The summed E-state index contributed by atoms with van der Waals surface area (Å²) in [5, 5.41) is 17.7. The molecule has 0 saturated carbocycles. The molecule has 15 heavy (non-hydrogen) atoms. The first-order valence-electron chi connectivity index (χ1n) is 4.71. The van der Waals surface area contributed by atoms with E-state index >= 15 is 0 Å². The van der Waals surface area contributed by atoms with Gasteiger partial charge in [0.05, 0.1) is 11.5 Å². The maximum absolute atomic E-state index is 10.8. The van der Waals surface area contributed by atoms with E-state index in [2.05, 4.69) is 0 Å². The van der Waals surface area contributed by atoms with Crippen LogP contribution >= 0.6 is 0 Å². The highest BCUT2D eigenvalue weighted by Crippen LogP contribution is 2.32. The van der Waals surface area contributed by atoms with E-state index in [1.54, 1.807) is 6.92 Å². The molecule has 3 unspecified atom stereocenters. The summed E-state index contributed by atoms with van der Waals surface area (Å²) in [5.41, 5.74) is 4.59. The zero-order valence-electron chi connectivity index (χ0n) is 8.47. The van der Waals surface area contributed by atoms with Crippen LogP contribution in [0.2, 0.25) is 0 Å². The first kappa shape index (κ1) is 11.9. The van der Waals surface area contributed by atoms with Crippen LogP contribution in [0.4, 0.5) is 0 Å². The highest BCUT2D eigenvalue weighted by molar-refractivity contribution is 5.75. The van der Waals surface area contributed by atoms with Crippen molar-refractivity contribution in [2.75, 3.05) is 6.54 Å². The van der Waals surface area contributed by atoms with Gasteiger partial charge in [-0.3, -0.25) is 4.79 Å². The highest BCUT2D eigenvalue weighted by atomic mass is 16.5. The molecule has 3 atom stereocenters. The molecule has 0 aromatic rings. The Labute approximate surface area is 87.0 Å². The molecule has 0 aliphatic carbocycles. The van der Waals surface area contributed by atoms with Crippen molar-refractivity contribution < 1.29 is 24.5 Å². The van der Waals surface area contributed by atoms with E-state index in [0.29, 0.717) is 0 Å². The third-order valence-electron chi connectivity index (χ3n) is 2.66. The van der Waals surface area contributed by atoms with Gasteiger partial charge in [0.15, 0.2) is 6.10 Å². The van der Waals surface area contributed by atoms with Crippen LogP contribution in [-0.4, -0.2) is 40.4 Å². The number of aliphatic carboxylic acids is 2. The van der Waals surface area contributed by atoms with Crippen LogP contribution < -0.4 is 5.73 Å². The number of carboxylic acid groups (broad SMARTS) is 2. The molecule has 1 rings (SSSR count). The Balaban J connectivity index is 2.82. The predicted octanol–water partition coefficient (Wildman–Crippen LogP) is -0.332. The number of carbonyl (C=O) groups is 2. The maximum atomic E-state index is 10.8. The van der Waals surface area contributed by atoms with E-state index in [1.165, 1.54) is 0 Å². The first-order valence-corrected chi connectivity index (χ1v) is 4.71. The van der Waals surface area contributed by atoms with E-state index in [0.717, 1.165) is 0 Å². The molecule has 4 N–H and O–H groups in total. The van der Waals surface area contributed by atoms with E-state index in [4.69, 9.17) is 20.7 Å². The Kier molecular flexibility index (Phi) is 3.31. The molecule has 6 heteroatoms. The molecule has 6 nitrogen and oxygen atoms in total. The lowest BCUT2D eigenvalue weighted by Crippen LogP contribution is -2.50. The summed E-state index contributed by atoms with van der Waals surface area (Å²) in [6.07, 6.45) is -0.823. The van der Waals surface area contributed by atoms with Crippen LogP contribution in [0.3, 0.4) is 0 Å². The fraction of sp³-hybridized carbons (Fsp3) is 0.778. The molecule has 1 saturated heterocycles. The predicted molar refractivity (Wildman–Crippen MR) is 50.3 cm³/mol. The van der Waals surface area contributed by atoms with Gasteiger partial charge in [-0.05, 0) is 19.8 Å². The van der Waals surface area contributed by atoms with Crippen molar-refractivity contribution in [3.63, 3.8) is 0 Å². The van der Waals surface area contributed by atoms with Gasteiger partial charge in [-0.2, -0.15) is 0 Å². The van der Waals surface area contributed by atoms with Crippen molar-refractivity contribution in [3.8, 4) is 0 Å². The zero-order chi connectivity index (χ0) is 11.6. The largest absolute Gasteiger partial charge is 0.481 e. The SMILES string of the molecule is CC1(CN)CC(C(=O)O)CC(C(=O)O)O1. The average molecular weight is 217 g/mol. The van der Waals surface area contributed by atoms with Crippen molar-refractivity contribution in [2.45, 2.75) is 31.5 Å². The number of carboxylic acids is 2. The van der Waals surface area contributed by atoms with Crippen LogP contribution in [0, 0.1) is 5.92 Å². The summed E-state index contributed by atoms with van der Waals surface area (Å²) in [7, 11) is 0. The molecule has 1 heterocycles. The van der Waals surface area contributed by atoms with Crippen LogP contribution in [0.15, 0.2) is 0 Å². The average Bonchev–Trinajstić information content (AvgIpc) is 2.17. The lowest BCUT2D eigenvalue weighted by molar-refractivity contribution is -0.182. The summed E-state index contributed by atoms with van der Waals surface area (Å²) < 4.78 is 5.28. The Bertz CT molecular complexity index is 256. The summed E-state index contributed by atoms with van der Waals surface area (Å²) in [5.74, 6) is -2.83. The second-order valence-electron chi connectivity index (χ2n) is 4.07. The molecule has 0 radical (unpaired) electrons. The van der Waals surface area contributed by atoms with Crippen molar-refractivity contribution >= 4 is 11.9 Å². The van der Waals surface area contributed by atoms with E-state index in [1.807, 2.05) is 0 Å². The Morgan fingerprint density at radius 1 is 1.47 bits per heavy atom. The van der Waals surface area contributed by atoms with Gasteiger partial charge in [0.2, 0.25) is 0 Å². The number of hydrogen-bond donors (Lipinski definition) is 3. The topological polar surface area (TPSA) is 110 Å². The van der Waals surface area contributed by atoms with Crippen LogP contribution in [-0.2, 0) is 14.3 Å². The van der Waals surface area contributed by atoms with Gasteiger partial charge in [0, 0.05) is 6.54 Å². The lowest BCUT2D eigenvalue weighted by Gasteiger charge is -2.39. The number of rotatable bonds is 3. The Morgan fingerprint density at radius 2 is 2.07 bits per heavy atom. The lowest BCUT2D eigenvalue weighted by atomic mass is 9.84. The minimum Gasteiger partial charge on any atom is -0.481 e. The van der Waals surface area contributed by atoms with Gasteiger partial charge >= 0.3 is 11.9 Å². The highest BCUT2D eigenvalue weighted by Gasteiger charge is 2.42. The number of hydrogen-bond acceptors (Lipinski definition) is 4. The summed E-state index contributed by atoms with van der Waals surface area (Å²) in [6.45, 7) is 1.75. The molecule has 0 bridgehead atoms. The molecule has 1 aliphatic heterocycles. The third-order valence-corrected chi connectivity index (χ3v) is 2.66. The number of ether oxygens (including phenoxy) is 1. The monoisotopic (exact) mass is 217 g/mol. The summed E-state index contributed by atoms with van der Waals surface area (Å²) in [6, 6.07) is 0. The van der Waals surface area contributed by atoms with Crippen LogP contribution in [0.5, 0.6) is 0 Å². The van der Waals surface area contributed by atoms with Crippen molar-refractivity contribution in [3.05, 3.63) is 0 Å². The van der Waals surface area contributed by atoms with Gasteiger partial charge in [-0.25, -0.2) is 4.79 Å². The van der Waals surface area contributed by atoms with E-state index in [9.17, 15) is 9.59 Å². The molecule has 0 amide bonds. The number of nitrogens with two attached hydrogens (primary N) is 1. The minimum atomic E-state index is -1.14. The molecular weight excluding hydrogens is 202 g/mol. The Hall–Kier alpha value is -1.14. The fourth-order valence-corrected chi connectivity index (χ4v) is 1.77.